The molecule has 1 aliphatic heterocycles. The lowest BCUT2D eigenvalue weighted by molar-refractivity contribution is -0.136. The van der Waals surface area contributed by atoms with Crippen LogP contribution in [0.3, 0.4) is 0 Å². The lowest BCUT2D eigenvalue weighted by atomic mass is 9.97. The maximum atomic E-state index is 12.2. The Balaban J connectivity index is 1.93. The summed E-state index contributed by atoms with van der Waals surface area (Å²) in [6, 6.07) is 0. The Morgan fingerprint density at radius 1 is 1.55 bits per heavy atom. The van der Waals surface area contributed by atoms with Gasteiger partial charge < -0.3 is 16.0 Å². The molecule has 2 heterocycles. The number of rotatable bonds is 4. The van der Waals surface area contributed by atoms with Gasteiger partial charge in [0.2, 0.25) is 11.8 Å². The molecule has 1 aromatic rings. The molecule has 0 spiro atoms. The zero-order valence-corrected chi connectivity index (χ0v) is 11.6. The molecule has 2 amide bonds. The molecule has 2 rings (SSSR count). The lowest BCUT2D eigenvalue weighted by Crippen LogP contribution is -2.45. The van der Waals surface area contributed by atoms with Gasteiger partial charge in [0.05, 0.1) is 17.8 Å². The number of hydrogen-bond acceptors (Lipinski definition) is 5. The number of likely N-dealkylation sites (tertiary alicyclic amines) is 1. The Kier molecular flexibility index (Phi) is 4.67. The van der Waals surface area contributed by atoms with Crippen molar-refractivity contribution in [1.82, 2.24) is 25.2 Å². The van der Waals surface area contributed by atoms with E-state index in [2.05, 4.69) is 15.6 Å². The fourth-order valence-electron chi connectivity index (χ4n) is 2.37. The Morgan fingerprint density at radius 3 is 3.00 bits per heavy atom. The SMILES string of the molecule is CNC(=O)C1CCCN(C(=O)Cn2cc(CN)nn2)C1. The second-order valence-corrected chi connectivity index (χ2v) is 4.90. The molecular formula is C12H20N6O2. The predicted molar refractivity (Wildman–Crippen MR) is 71.3 cm³/mol. The molecule has 1 aliphatic rings. The highest BCUT2D eigenvalue weighted by Crippen LogP contribution is 2.16. The van der Waals surface area contributed by atoms with Crippen LogP contribution in [-0.2, 0) is 22.7 Å². The summed E-state index contributed by atoms with van der Waals surface area (Å²) in [4.78, 5) is 25.6. The standard InChI is InChI=1S/C12H20N6O2/c1-14-12(20)9-3-2-4-17(6-9)11(19)8-18-7-10(5-13)15-16-18/h7,9H,2-6,8,13H2,1H3,(H,14,20). The first-order valence-corrected chi connectivity index (χ1v) is 6.72. The van der Waals surface area contributed by atoms with Gasteiger partial charge in [-0.2, -0.15) is 0 Å². The number of nitrogens with zero attached hydrogens (tertiary/aromatic N) is 4. The second-order valence-electron chi connectivity index (χ2n) is 4.90. The smallest absolute Gasteiger partial charge is 0.244 e. The first-order chi connectivity index (χ1) is 9.63. The van der Waals surface area contributed by atoms with Gasteiger partial charge in [0.15, 0.2) is 0 Å². The van der Waals surface area contributed by atoms with Crippen LogP contribution in [0.25, 0.3) is 0 Å². The van der Waals surface area contributed by atoms with Gasteiger partial charge in [-0.15, -0.1) is 5.10 Å². The van der Waals surface area contributed by atoms with Gasteiger partial charge in [-0.3, -0.25) is 9.59 Å². The number of nitrogens with two attached hydrogens (primary N) is 1. The Hall–Kier alpha value is -1.96. The molecule has 110 valence electrons. The number of carbonyl (C=O) groups is 2. The number of carbonyl (C=O) groups excluding carboxylic acids is 2. The van der Waals surface area contributed by atoms with E-state index in [9.17, 15) is 9.59 Å². The highest BCUT2D eigenvalue weighted by atomic mass is 16.2. The van der Waals surface area contributed by atoms with Crippen molar-refractivity contribution in [1.29, 1.82) is 0 Å². The predicted octanol–water partition coefficient (Wildman–Crippen LogP) is -1.28. The van der Waals surface area contributed by atoms with E-state index < -0.39 is 0 Å². The molecular weight excluding hydrogens is 260 g/mol. The average molecular weight is 280 g/mol. The van der Waals surface area contributed by atoms with Crippen LogP contribution in [0.4, 0.5) is 0 Å². The second kappa shape index (κ2) is 6.47. The summed E-state index contributed by atoms with van der Waals surface area (Å²) in [5, 5.41) is 10.3. The molecule has 1 saturated heterocycles. The van der Waals surface area contributed by atoms with Crippen LogP contribution in [0.15, 0.2) is 6.20 Å². The minimum absolute atomic E-state index is 0.00586. The fraction of sp³-hybridized carbons (Fsp3) is 0.667. The molecule has 0 bridgehead atoms. The molecule has 0 saturated carbocycles. The third-order valence-electron chi connectivity index (χ3n) is 3.48. The van der Waals surface area contributed by atoms with Gasteiger partial charge in [0.25, 0.3) is 0 Å². The maximum Gasteiger partial charge on any atom is 0.244 e. The van der Waals surface area contributed by atoms with E-state index in [0.717, 1.165) is 12.8 Å². The van der Waals surface area contributed by atoms with E-state index in [-0.39, 0.29) is 24.3 Å². The zero-order valence-electron chi connectivity index (χ0n) is 11.6. The molecule has 0 aromatic carbocycles. The van der Waals surface area contributed by atoms with E-state index in [1.165, 1.54) is 4.68 Å². The van der Waals surface area contributed by atoms with Crippen molar-refractivity contribution in [2.24, 2.45) is 11.7 Å². The van der Waals surface area contributed by atoms with E-state index >= 15 is 0 Å². The van der Waals surface area contributed by atoms with Gasteiger partial charge in [0.1, 0.15) is 6.54 Å². The van der Waals surface area contributed by atoms with Crippen molar-refractivity contribution in [2.45, 2.75) is 25.9 Å². The summed E-state index contributed by atoms with van der Waals surface area (Å²) < 4.78 is 1.48. The van der Waals surface area contributed by atoms with Crippen molar-refractivity contribution in [2.75, 3.05) is 20.1 Å². The molecule has 0 radical (unpaired) electrons. The van der Waals surface area contributed by atoms with Crippen LogP contribution in [0.5, 0.6) is 0 Å². The van der Waals surface area contributed by atoms with Crippen molar-refractivity contribution in [3.05, 3.63) is 11.9 Å². The minimum atomic E-state index is -0.118. The summed E-state index contributed by atoms with van der Waals surface area (Å²) in [5.74, 6) is -0.172. The first kappa shape index (κ1) is 14.4. The van der Waals surface area contributed by atoms with Crippen LogP contribution in [0.1, 0.15) is 18.5 Å². The molecule has 1 aromatic heterocycles. The van der Waals surface area contributed by atoms with Gasteiger partial charge in [-0.1, -0.05) is 5.21 Å². The first-order valence-electron chi connectivity index (χ1n) is 6.72. The number of hydrogen-bond donors (Lipinski definition) is 2. The maximum absolute atomic E-state index is 12.2. The third-order valence-corrected chi connectivity index (χ3v) is 3.48. The van der Waals surface area contributed by atoms with E-state index in [1.807, 2.05) is 0 Å². The molecule has 3 N–H and O–H groups in total. The monoisotopic (exact) mass is 280 g/mol. The number of nitrogens with one attached hydrogen (secondary N) is 1. The number of amides is 2. The van der Waals surface area contributed by atoms with Gasteiger partial charge >= 0.3 is 0 Å². The molecule has 8 heteroatoms. The normalized spacial score (nSPS) is 18.9. The Bertz CT molecular complexity index is 486. The van der Waals surface area contributed by atoms with Gasteiger partial charge in [-0.05, 0) is 12.8 Å². The van der Waals surface area contributed by atoms with Crippen LogP contribution < -0.4 is 11.1 Å². The molecule has 20 heavy (non-hydrogen) atoms. The summed E-state index contributed by atoms with van der Waals surface area (Å²) in [6.07, 6.45) is 3.33. The van der Waals surface area contributed by atoms with E-state index in [4.69, 9.17) is 5.73 Å². The van der Waals surface area contributed by atoms with Crippen molar-refractivity contribution >= 4 is 11.8 Å². The van der Waals surface area contributed by atoms with Crippen LogP contribution >= 0.6 is 0 Å². The van der Waals surface area contributed by atoms with Gasteiger partial charge in [0, 0.05) is 26.7 Å². The molecule has 1 unspecified atom stereocenters. The Labute approximate surface area is 117 Å². The highest BCUT2D eigenvalue weighted by Gasteiger charge is 2.27. The largest absolute Gasteiger partial charge is 0.359 e. The van der Waals surface area contributed by atoms with E-state index in [0.29, 0.717) is 25.3 Å². The summed E-state index contributed by atoms with van der Waals surface area (Å²) in [5.41, 5.74) is 6.10. The highest BCUT2D eigenvalue weighted by molar-refractivity contribution is 5.81. The van der Waals surface area contributed by atoms with Crippen molar-refractivity contribution in [3.63, 3.8) is 0 Å². The molecule has 0 aliphatic carbocycles. The van der Waals surface area contributed by atoms with Crippen LogP contribution in [-0.4, -0.2) is 51.8 Å². The summed E-state index contributed by atoms with van der Waals surface area (Å²) in [7, 11) is 1.62. The molecule has 1 atom stereocenters. The molecule has 1 fully saturated rings. The minimum Gasteiger partial charge on any atom is -0.359 e. The zero-order chi connectivity index (χ0) is 14.5. The fourth-order valence-corrected chi connectivity index (χ4v) is 2.37. The molecule has 8 nitrogen and oxygen atoms in total. The number of aromatic nitrogens is 3. The average Bonchev–Trinajstić information content (AvgIpc) is 2.94. The Morgan fingerprint density at radius 2 is 2.35 bits per heavy atom. The van der Waals surface area contributed by atoms with Crippen molar-refractivity contribution < 1.29 is 9.59 Å². The summed E-state index contributed by atoms with van der Waals surface area (Å²) in [6.45, 7) is 1.59. The lowest BCUT2D eigenvalue weighted by Gasteiger charge is -2.31. The van der Waals surface area contributed by atoms with Gasteiger partial charge in [-0.25, -0.2) is 4.68 Å². The topological polar surface area (TPSA) is 106 Å². The third kappa shape index (κ3) is 3.32. The van der Waals surface area contributed by atoms with Crippen LogP contribution in [0, 0.1) is 5.92 Å². The van der Waals surface area contributed by atoms with Crippen LogP contribution in [0.2, 0.25) is 0 Å². The number of piperidine rings is 1. The van der Waals surface area contributed by atoms with Crippen molar-refractivity contribution in [3.8, 4) is 0 Å². The summed E-state index contributed by atoms with van der Waals surface area (Å²) >= 11 is 0. The van der Waals surface area contributed by atoms with E-state index in [1.54, 1.807) is 18.1 Å². The quantitative estimate of drug-likeness (QED) is 0.714.